The molecular formula is C60H41N. The van der Waals surface area contributed by atoms with Crippen molar-refractivity contribution < 1.29 is 0 Å². The minimum Gasteiger partial charge on any atom is -0.310 e. The minimum absolute atomic E-state index is 1.09. The summed E-state index contributed by atoms with van der Waals surface area (Å²) >= 11 is 0. The van der Waals surface area contributed by atoms with Gasteiger partial charge in [0.2, 0.25) is 0 Å². The predicted octanol–water partition coefficient (Wildman–Crippen LogP) is 17.0. The Kier molecular flexibility index (Phi) is 9.26. The lowest BCUT2D eigenvalue weighted by Gasteiger charge is -2.26. The Morgan fingerprint density at radius 1 is 0.197 bits per heavy atom. The maximum Gasteiger partial charge on any atom is 0.0467 e. The smallest absolute Gasteiger partial charge is 0.0467 e. The number of hydrogen-bond acceptors (Lipinski definition) is 1. The second-order valence-corrected chi connectivity index (χ2v) is 15.7. The topological polar surface area (TPSA) is 3.24 Å². The molecule has 11 rings (SSSR count). The third-order valence-electron chi connectivity index (χ3n) is 12.0. The number of anilines is 3. The molecule has 0 radical (unpaired) electrons. The summed E-state index contributed by atoms with van der Waals surface area (Å²) in [6.45, 7) is 0. The standard InChI is InChI=1S/C60H41N/c1-3-14-42(15-4-1)44-28-33-52(34-29-44)61(53-35-30-45(31-36-53)48-22-11-21-47(38-48)43-16-5-2-6-17-43)54-24-12-23-49(39-54)59-40-50-19-8-10-26-57(50)58-37-32-51(41-60(58)59)56-27-13-20-46-18-7-9-25-55(46)56/h1-41H. The molecule has 11 aromatic rings. The third-order valence-corrected chi connectivity index (χ3v) is 12.0. The molecule has 11 aromatic carbocycles. The predicted molar refractivity (Wildman–Crippen MR) is 261 cm³/mol. The maximum atomic E-state index is 2.40. The van der Waals surface area contributed by atoms with Gasteiger partial charge >= 0.3 is 0 Å². The molecule has 1 nitrogen and oxygen atoms in total. The van der Waals surface area contributed by atoms with Gasteiger partial charge in [-0.3, -0.25) is 0 Å². The van der Waals surface area contributed by atoms with Crippen molar-refractivity contribution in [1.82, 2.24) is 0 Å². The van der Waals surface area contributed by atoms with E-state index in [0.29, 0.717) is 0 Å². The van der Waals surface area contributed by atoms with Crippen molar-refractivity contribution in [2.75, 3.05) is 4.90 Å². The van der Waals surface area contributed by atoms with Gasteiger partial charge in [-0.05, 0) is 143 Å². The normalized spacial score (nSPS) is 11.3. The molecule has 0 saturated heterocycles. The first-order valence-corrected chi connectivity index (χ1v) is 21.0. The number of nitrogens with zero attached hydrogens (tertiary/aromatic N) is 1. The van der Waals surface area contributed by atoms with Crippen LogP contribution >= 0.6 is 0 Å². The summed E-state index contributed by atoms with van der Waals surface area (Å²) in [5.74, 6) is 0. The zero-order valence-corrected chi connectivity index (χ0v) is 33.6. The Morgan fingerprint density at radius 2 is 0.672 bits per heavy atom. The highest BCUT2D eigenvalue weighted by molar-refractivity contribution is 6.15. The van der Waals surface area contributed by atoms with Crippen LogP contribution in [0.4, 0.5) is 17.1 Å². The lowest BCUT2D eigenvalue weighted by atomic mass is 9.90. The van der Waals surface area contributed by atoms with Crippen LogP contribution in [0.3, 0.4) is 0 Å². The largest absolute Gasteiger partial charge is 0.310 e. The Hall–Kier alpha value is -8.00. The second kappa shape index (κ2) is 15.6. The number of fused-ring (bicyclic) bond motifs is 4. The van der Waals surface area contributed by atoms with E-state index < -0.39 is 0 Å². The van der Waals surface area contributed by atoms with E-state index >= 15 is 0 Å². The summed E-state index contributed by atoms with van der Waals surface area (Å²) in [7, 11) is 0. The average Bonchev–Trinajstić information content (AvgIpc) is 3.34. The van der Waals surface area contributed by atoms with Gasteiger partial charge in [0.15, 0.2) is 0 Å². The molecular weight excluding hydrogens is 735 g/mol. The van der Waals surface area contributed by atoms with Crippen molar-refractivity contribution in [2.24, 2.45) is 0 Å². The van der Waals surface area contributed by atoms with Gasteiger partial charge in [0, 0.05) is 17.1 Å². The fourth-order valence-electron chi connectivity index (χ4n) is 8.99. The SMILES string of the molecule is c1ccc(-c2ccc(N(c3ccc(-c4cccc(-c5ccccc5)c4)cc3)c3cccc(-c4cc5ccccc5c5ccc(-c6cccc7ccccc67)cc45)c3)cc2)cc1. The van der Waals surface area contributed by atoms with E-state index in [2.05, 4.69) is 254 Å². The van der Waals surface area contributed by atoms with Gasteiger partial charge in [-0.1, -0.05) is 194 Å². The Bertz CT molecular complexity index is 3330. The van der Waals surface area contributed by atoms with Crippen molar-refractivity contribution in [3.05, 3.63) is 249 Å². The van der Waals surface area contributed by atoms with Crippen LogP contribution in [0.25, 0.3) is 88.0 Å². The molecule has 1 heteroatoms. The molecule has 0 fully saturated rings. The van der Waals surface area contributed by atoms with Crippen molar-refractivity contribution in [3.63, 3.8) is 0 Å². The molecule has 0 bridgehead atoms. The number of hydrogen-bond donors (Lipinski definition) is 0. The average molecular weight is 776 g/mol. The first kappa shape index (κ1) is 36.1. The summed E-state index contributed by atoms with van der Waals surface area (Å²) in [5.41, 5.74) is 15.3. The third kappa shape index (κ3) is 6.93. The van der Waals surface area contributed by atoms with E-state index in [-0.39, 0.29) is 0 Å². The summed E-state index contributed by atoms with van der Waals surface area (Å²) in [4.78, 5) is 2.38. The van der Waals surface area contributed by atoms with Gasteiger partial charge < -0.3 is 4.90 Å². The van der Waals surface area contributed by atoms with Gasteiger partial charge in [-0.15, -0.1) is 0 Å². The fourth-order valence-corrected chi connectivity index (χ4v) is 8.99. The fraction of sp³-hybridized carbons (Fsp3) is 0. The Labute approximate surface area is 357 Å². The Balaban J connectivity index is 1.04. The number of benzene rings is 11. The van der Waals surface area contributed by atoms with Gasteiger partial charge in [0.25, 0.3) is 0 Å². The molecule has 0 N–H and O–H groups in total. The van der Waals surface area contributed by atoms with E-state index in [0.717, 1.165) is 17.1 Å². The summed E-state index contributed by atoms with van der Waals surface area (Å²) in [5, 5.41) is 7.49. The van der Waals surface area contributed by atoms with Crippen molar-refractivity contribution in [3.8, 4) is 55.6 Å². The number of rotatable bonds is 8. The molecule has 0 aromatic heterocycles. The van der Waals surface area contributed by atoms with Gasteiger partial charge in [0.1, 0.15) is 0 Å². The molecule has 0 unspecified atom stereocenters. The second-order valence-electron chi connectivity index (χ2n) is 15.7. The molecule has 0 aliphatic heterocycles. The van der Waals surface area contributed by atoms with E-state index in [9.17, 15) is 0 Å². The zero-order valence-electron chi connectivity index (χ0n) is 33.6. The lowest BCUT2D eigenvalue weighted by molar-refractivity contribution is 1.28. The first-order valence-electron chi connectivity index (χ1n) is 21.0. The quantitative estimate of drug-likeness (QED) is 0.139. The van der Waals surface area contributed by atoms with Gasteiger partial charge in [0.05, 0.1) is 0 Å². The maximum absolute atomic E-state index is 2.40. The highest BCUT2D eigenvalue weighted by Gasteiger charge is 2.17. The van der Waals surface area contributed by atoms with E-state index in [1.54, 1.807) is 0 Å². The van der Waals surface area contributed by atoms with Crippen LogP contribution in [0.1, 0.15) is 0 Å². The molecule has 0 heterocycles. The van der Waals surface area contributed by atoms with E-state index in [1.165, 1.54) is 88.0 Å². The van der Waals surface area contributed by atoms with E-state index in [1.807, 2.05) is 0 Å². The molecule has 0 spiro atoms. The summed E-state index contributed by atoms with van der Waals surface area (Å²) in [6, 6.07) is 90.5. The van der Waals surface area contributed by atoms with Crippen LogP contribution in [-0.2, 0) is 0 Å². The Morgan fingerprint density at radius 3 is 1.38 bits per heavy atom. The molecule has 286 valence electrons. The highest BCUT2D eigenvalue weighted by atomic mass is 15.1. The molecule has 0 aliphatic carbocycles. The lowest BCUT2D eigenvalue weighted by Crippen LogP contribution is -2.10. The van der Waals surface area contributed by atoms with Crippen LogP contribution in [-0.4, -0.2) is 0 Å². The van der Waals surface area contributed by atoms with Crippen LogP contribution in [0, 0.1) is 0 Å². The molecule has 0 saturated carbocycles. The highest BCUT2D eigenvalue weighted by Crippen LogP contribution is 2.42. The molecule has 0 amide bonds. The van der Waals surface area contributed by atoms with Gasteiger partial charge in [-0.25, -0.2) is 0 Å². The van der Waals surface area contributed by atoms with Crippen molar-refractivity contribution in [1.29, 1.82) is 0 Å². The van der Waals surface area contributed by atoms with Crippen LogP contribution in [0.2, 0.25) is 0 Å². The minimum atomic E-state index is 1.09. The summed E-state index contributed by atoms with van der Waals surface area (Å²) in [6.07, 6.45) is 0. The monoisotopic (exact) mass is 775 g/mol. The summed E-state index contributed by atoms with van der Waals surface area (Å²) < 4.78 is 0. The van der Waals surface area contributed by atoms with Crippen LogP contribution < -0.4 is 4.90 Å². The van der Waals surface area contributed by atoms with Gasteiger partial charge in [-0.2, -0.15) is 0 Å². The van der Waals surface area contributed by atoms with Crippen molar-refractivity contribution >= 4 is 49.4 Å². The molecule has 61 heavy (non-hydrogen) atoms. The molecule has 0 aliphatic rings. The first-order chi connectivity index (χ1) is 30.2. The molecule has 0 atom stereocenters. The zero-order chi connectivity index (χ0) is 40.5. The van der Waals surface area contributed by atoms with E-state index in [4.69, 9.17) is 0 Å². The van der Waals surface area contributed by atoms with Crippen molar-refractivity contribution in [2.45, 2.75) is 0 Å². The van der Waals surface area contributed by atoms with Crippen LogP contribution in [0.5, 0.6) is 0 Å². The van der Waals surface area contributed by atoms with Crippen LogP contribution in [0.15, 0.2) is 249 Å².